The fourth-order valence-electron chi connectivity index (χ4n) is 1.48. The lowest BCUT2D eigenvalue weighted by Gasteiger charge is -2.21. The molecule has 0 aliphatic heterocycles. The van der Waals surface area contributed by atoms with Gasteiger partial charge in [-0.1, -0.05) is 27.7 Å². The molecule has 2 amide bonds. The SMILES string of the molecule is CC(=O)N(CCC(=O)NCC(C)C)CCC(C)C. The number of nitrogens with zero attached hydrogens (tertiary/aromatic N) is 1. The number of rotatable bonds is 8. The molecule has 0 spiro atoms. The molecule has 0 unspecified atom stereocenters. The first-order valence-electron chi connectivity index (χ1n) is 6.85. The molecule has 0 heterocycles. The van der Waals surface area contributed by atoms with Crippen molar-refractivity contribution in [2.75, 3.05) is 19.6 Å². The van der Waals surface area contributed by atoms with Crippen molar-refractivity contribution in [1.29, 1.82) is 0 Å². The second-order valence-electron chi connectivity index (χ2n) is 5.64. The molecule has 0 fully saturated rings. The highest BCUT2D eigenvalue weighted by atomic mass is 16.2. The molecule has 0 saturated carbocycles. The second-order valence-corrected chi connectivity index (χ2v) is 5.64. The maximum atomic E-state index is 11.6. The Hall–Kier alpha value is -1.06. The monoisotopic (exact) mass is 256 g/mol. The lowest BCUT2D eigenvalue weighted by Crippen LogP contribution is -2.35. The predicted octanol–water partition coefficient (Wildman–Crippen LogP) is 2.04. The molecule has 0 aliphatic carbocycles. The molecule has 0 radical (unpaired) electrons. The first-order chi connectivity index (χ1) is 8.32. The van der Waals surface area contributed by atoms with Crippen molar-refractivity contribution in [2.24, 2.45) is 11.8 Å². The minimum Gasteiger partial charge on any atom is -0.356 e. The van der Waals surface area contributed by atoms with Gasteiger partial charge >= 0.3 is 0 Å². The van der Waals surface area contributed by atoms with E-state index < -0.39 is 0 Å². The van der Waals surface area contributed by atoms with E-state index in [4.69, 9.17) is 0 Å². The maximum absolute atomic E-state index is 11.6. The van der Waals surface area contributed by atoms with Gasteiger partial charge in [0.25, 0.3) is 0 Å². The summed E-state index contributed by atoms with van der Waals surface area (Å²) in [4.78, 5) is 24.8. The van der Waals surface area contributed by atoms with Crippen LogP contribution in [0.15, 0.2) is 0 Å². The number of amides is 2. The number of carbonyl (C=O) groups is 2. The van der Waals surface area contributed by atoms with Crippen molar-refractivity contribution >= 4 is 11.8 Å². The average molecular weight is 256 g/mol. The number of hydrogen-bond donors (Lipinski definition) is 1. The van der Waals surface area contributed by atoms with E-state index in [0.717, 1.165) is 13.0 Å². The van der Waals surface area contributed by atoms with Gasteiger partial charge in [-0.25, -0.2) is 0 Å². The van der Waals surface area contributed by atoms with Crippen molar-refractivity contribution in [3.63, 3.8) is 0 Å². The third kappa shape index (κ3) is 9.02. The van der Waals surface area contributed by atoms with E-state index in [9.17, 15) is 9.59 Å². The number of nitrogens with one attached hydrogen (secondary N) is 1. The highest BCUT2D eigenvalue weighted by Crippen LogP contribution is 2.03. The van der Waals surface area contributed by atoms with Crippen molar-refractivity contribution in [1.82, 2.24) is 10.2 Å². The van der Waals surface area contributed by atoms with Crippen LogP contribution in [0.4, 0.5) is 0 Å². The zero-order valence-corrected chi connectivity index (χ0v) is 12.5. The van der Waals surface area contributed by atoms with Crippen LogP contribution in [0, 0.1) is 11.8 Å². The van der Waals surface area contributed by atoms with Gasteiger partial charge in [-0.05, 0) is 18.3 Å². The Morgan fingerprint density at radius 3 is 2.11 bits per heavy atom. The van der Waals surface area contributed by atoms with Crippen molar-refractivity contribution < 1.29 is 9.59 Å². The molecule has 18 heavy (non-hydrogen) atoms. The second kappa shape index (κ2) is 8.95. The fourth-order valence-corrected chi connectivity index (χ4v) is 1.48. The van der Waals surface area contributed by atoms with Crippen molar-refractivity contribution in [3.05, 3.63) is 0 Å². The maximum Gasteiger partial charge on any atom is 0.221 e. The van der Waals surface area contributed by atoms with Crippen LogP contribution in [0.25, 0.3) is 0 Å². The van der Waals surface area contributed by atoms with Gasteiger partial charge in [0.05, 0.1) is 0 Å². The molecule has 0 aromatic heterocycles. The highest BCUT2D eigenvalue weighted by molar-refractivity contribution is 5.77. The van der Waals surface area contributed by atoms with E-state index in [1.165, 1.54) is 0 Å². The summed E-state index contributed by atoms with van der Waals surface area (Å²) < 4.78 is 0. The van der Waals surface area contributed by atoms with E-state index in [0.29, 0.717) is 31.3 Å². The quantitative estimate of drug-likeness (QED) is 0.722. The van der Waals surface area contributed by atoms with Crippen LogP contribution < -0.4 is 5.32 Å². The van der Waals surface area contributed by atoms with Gasteiger partial charge in [0.1, 0.15) is 0 Å². The Kier molecular flexibility index (Phi) is 8.42. The van der Waals surface area contributed by atoms with E-state index >= 15 is 0 Å². The Morgan fingerprint density at radius 1 is 1.06 bits per heavy atom. The van der Waals surface area contributed by atoms with Crippen LogP contribution in [-0.4, -0.2) is 36.3 Å². The average Bonchev–Trinajstić information content (AvgIpc) is 2.25. The highest BCUT2D eigenvalue weighted by Gasteiger charge is 2.11. The molecule has 0 bridgehead atoms. The molecule has 1 N–H and O–H groups in total. The Balaban J connectivity index is 3.96. The molecular weight excluding hydrogens is 228 g/mol. The van der Waals surface area contributed by atoms with E-state index in [1.54, 1.807) is 11.8 Å². The summed E-state index contributed by atoms with van der Waals surface area (Å²) in [5.41, 5.74) is 0. The number of carbonyl (C=O) groups excluding carboxylic acids is 2. The summed E-state index contributed by atoms with van der Waals surface area (Å²) in [5.74, 6) is 1.10. The summed E-state index contributed by atoms with van der Waals surface area (Å²) in [6.45, 7) is 11.9. The van der Waals surface area contributed by atoms with Gasteiger partial charge in [0, 0.05) is 33.0 Å². The van der Waals surface area contributed by atoms with Crippen LogP contribution >= 0.6 is 0 Å². The lowest BCUT2D eigenvalue weighted by molar-refractivity contribution is -0.129. The van der Waals surface area contributed by atoms with E-state index in [-0.39, 0.29) is 11.8 Å². The molecule has 106 valence electrons. The summed E-state index contributed by atoms with van der Waals surface area (Å²) in [6.07, 6.45) is 1.37. The molecule has 0 rings (SSSR count). The summed E-state index contributed by atoms with van der Waals surface area (Å²) in [6, 6.07) is 0. The lowest BCUT2D eigenvalue weighted by atomic mass is 10.1. The minimum absolute atomic E-state index is 0.0273. The standard InChI is InChI=1S/C14H28N2O2/c1-11(2)6-8-16(13(5)17)9-7-14(18)15-10-12(3)4/h11-12H,6-10H2,1-5H3,(H,15,18). The summed E-state index contributed by atoms with van der Waals surface area (Å²) in [7, 11) is 0. The van der Waals surface area contributed by atoms with Gasteiger partial charge in [0.2, 0.25) is 11.8 Å². The Morgan fingerprint density at radius 2 is 1.67 bits per heavy atom. The number of hydrogen-bond acceptors (Lipinski definition) is 2. The van der Waals surface area contributed by atoms with Crippen molar-refractivity contribution in [3.8, 4) is 0 Å². The van der Waals surface area contributed by atoms with Gasteiger partial charge in [-0.15, -0.1) is 0 Å². The molecule has 0 atom stereocenters. The molecule has 0 aromatic carbocycles. The smallest absolute Gasteiger partial charge is 0.221 e. The van der Waals surface area contributed by atoms with Gasteiger partial charge in [-0.2, -0.15) is 0 Å². The first kappa shape index (κ1) is 16.9. The van der Waals surface area contributed by atoms with E-state index in [1.807, 2.05) is 0 Å². The van der Waals surface area contributed by atoms with E-state index in [2.05, 4.69) is 33.0 Å². The van der Waals surface area contributed by atoms with Gasteiger partial charge < -0.3 is 10.2 Å². The van der Waals surface area contributed by atoms with Crippen molar-refractivity contribution in [2.45, 2.75) is 47.5 Å². The Bertz CT molecular complexity index is 263. The topological polar surface area (TPSA) is 49.4 Å². The third-order valence-electron chi connectivity index (χ3n) is 2.74. The zero-order chi connectivity index (χ0) is 14.1. The van der Waals surface area contributed by atoms with Crippen LogP contribution in [0.2, 0.25) is 0 Å². The third-order valence-corrected chi connectivity index (χ3v) is 2.74. The molecule has 4 nitrogen and oxygen atoms in total. The predicted molar refractivity (Wildman–Crippen MR) is 74.2 cm³/mol. The molecule has 4 heteroatoms. The molecular formula is C14H28N2O2. The van der Waals surface area contributed by atoms with Gasteiger partial charge in [0.15, 0.2) is 0 Å². The Labute approximate surface area is 111 Å². The molecule has 0 saturated heterocycles. The van der Waals surface area contributed by atoms with Crippen LogP contribution in [0.1, 0.15) is 47.5 Å². The fraction of sp³-hybridized carbons (Fsp3) is 0.857. The first-order valence-corrected chi connectivity index (χ1v) is 6.85. The molecule has 0 aromatic rings. The van der Waals surface area contributed by atoms with Gasteiger partial charge in [-0.3, -0.25) is 9.59 Å². The van der Waals surface area contributed by atoms with Crippen LogP contribution in [0.5, 0.6) is 0 Å². The largest absolute Gasteiger partial charge is 0.356 e. The molecule has 0 aliphatic rings. The summed E-state index contributed by atoms with van der Waals surface area (Å²) >= 11 is 0. The minimum atomic E-state index is 0.0273. The summed E-state index contributed by atoms with van der Waals surface area (Å²) in [5, 5.41) is 2.86. The normalized spacial score (nSPS) is 10.8. The van der Waals surface area contributed by atoms with Crippen LogP contribution in [-0.2, 0) is 9.59 Å². The zero-order valence-electron chi connectivity index (χ0n) is 12.5. The van der Waals surface area contributed by atoms with Crippen LogP contribution in [0.3, 0.4) is 0 Å².